The topological polar surface area (TPSA) is 45.2 Å². The van der Waals surface area contributed by atoms with Gasteiger partial charge in [-0.25, -0.2) is 4.98 Å². The number of benzene rings is 1. The van der Waals surface area contributed by atoms with Crippen molar-refractivity contribution in [1.29, 1.82) is 0 Å². The summed E-state index contributed by atoms with van der Waals surface area (Å²) in [7, 11) is 1.90. The number of hydrogen-bond donors (Lipinski definition) is 1. The molecule has 0 atom stereocenters. The molecule has 2 heterocycles. The van der Waals surface area contributed by atoms with E-state index in [9.17, 15) is 4.79 Å². The third-order valence-electron chi connectivity index (χ3n) is 4.24. The number of aromatic nitrogens is 1. The second kappa shape index (κ2) is 10.3. The summed E-state index contributed by atoms with van der Waals surface area (Å²) in [6, 6.07) is 7.99. The molecule has 0 radical (unpaired) electrons. The maximum atomic E-state index is 12.5. The Morgan fingerprint density at radius 3 is 2.68 bits per heavy atom. The van der Waals surface area contributed by atoms with Gasteiger partial charge in [0.1, 0.15) is 5.01 Å². The van der Waals surface area contributed by atoms with Crippen molar-refractivity contribution in [2.75, 3.05) is 20.1 Å². The van der Waals surface area contributed by atoms with Gasteiger partial charge in [-0.15, -0.1) is 36.2 Å². The van der Waals surface area contributed by atoms with E-state index in [1.54, 1.807) is 0 Å². The van der Waals surface area contributed by atoms with Gasteiger partial charge in [-0.3, -0.25) is 4.79 Å². The molecule has 1 aliphatic rings. The SMILES string of the molecule is CN(C(=O)Cc1csc(-c2ccccc2Cl)n1)C1CCNCC1.Cl.Cl. The van der Waals surface area contributed by atoms with Crippen LogP contribution in [-0.4, -0.2) is 42.0 Å². The lowest BCUT2D eigenvalue weighted by Gasteiger charge is -2.31. The van der Waals surface area contributed by atoms with Crippen molar-refractivity contribution in [3.63, 3.8) is 0 Å². The number of halogens is 3. The first kappa shape index (κ1) is 22.2. The van der Waals surface area contributed by atoms with Gasteiger partial charge in [0.25, 0.3) is 0 Å². The standard InChI is InChI=1S/C17H20ClN3OS.2ClH/c1-21(13-6-8-19-9-7-13)16(22)10-12-11-23-17(20-12)14-4-2-3-5-15(14)18;;/h2-5,11,13,19H,6-10H2,1H3;2*1H. The van der Waals surface area contributed by atoms with Crippen LogP contribution in [0.15, 0.2) is 29.6 Å². The molecule has 25 heavy (non-hydrogen) atoms. The number of amides is 1. The minimum absolute atomic E-state index is 0. The second-order valence-electron chi connectivity index (χ2n) is 5.79. The summed E-state index contributed by atoms with van der Waals surface area (Å²) in [6.45, 7) is 1.96. The van der Waals surface area contributed by atoms with Gasteiger partial charge < -0.3 is 10.2 Å². The highest BCUT2D eigenvalue weighted by molar-refractivity contribution is 7.13. The largest absolute Gasteiger partial charge is 0.342 e. The molecule has 3 rings (SSSR count). The van der Waals surface area contributed by atoms with Crippen LogP contribution >= 0.6 is 47.8 Å². The predicted molar refractivity (Wildman–Crippen MR) is 109 cm³/mol. The Morgan fingerprint density at radius 1 is 1.32 bits per heavy atom. The maximum absolute atomic E-state index is 12.5. The lowest BCUT2D eigenvalue weighted by Crippen LogP contribution is -2.44. The summed E-state index contributed by atoms with van der Waals surface area (Å²) in [4.78, 5) is 18.9. The number of likely N-dealkylation sites (N-methyl/N-ethyl adjacent to an activating group) is 1. The number of piperidine rings is 1. The molecule has 1 fully saturated rings. The molecule has 0 bridgehead atoms. The lowest BCUT2D eigenvalue weighted by molar-refractivity contribution is -0.131. The average molecular weight is 423 g/mol. The van der Waals surface area contributed by atoms with Gasteiger partial charge in [0.2, 0.25) is 5.91 Å². The van der Waals surface area contributed by atoms with E-state index in [1.165, 1.54) is 11.3 Å². The zero-order valence-electron chi connectivity index (χ0n) is 13.9. The van der Waals surface area contributed by atoms with Crippen molar-refractivity contribution in [1.82, 2.24) is 15.2 Å². The van der Waals surface area contributed by atoms with E-state index in [4.69, 9.17) is 11.6 Å². The minimum Gasteiger partial charge on any atom is -0.342 e. The van der Waals surface area contributed by atoms with E-state index < -0.39 is 0 Å². The molecule has 4 nitrogen and oxygen atoms in total. The fourth-order valence-electron chi connectivity index (χ4n) is 2.82. The first-order chi connectivity index (χ1) is 11.1. The van der Waals surface area contributed by atoms with Crippen molar-refractivity contribution in [3.8, 4) is 10.6 Å². The van der Waals surface area contributed by atoms with Crippen molar-refractivity contribution in [2.45, 2.75) is 25.3 Å². The van der Waals surface area contributed by atoms with E-state index in [0.29, 0.717) is 17.5 Å². The number of carbonyl (C=O) groups excluding carboxylic acids is 1. The highest BCUT2D eigenvalue weighted by Crippen LogP contribution is 2.30. The Kier molecular flexibility index (Phi) is 9.17. The molecular formula is C17H22Cl3N3OS. The molecule has 0 saturated carbocycles. The average Bonchev–Trinajstić information content (AvgIpc) is 3.03. The van der Waals surface area contributed by atoms with Crippen LogP contribution in [0.2, 0.25) is 5.02 Å². The van der Waals surface area contributed by atoms with Gasteiger partial charge in [0.15, 0.2) is 0 Å². The van der Waals surface area contributed by atoms with Crippen molar-refractivity contribution in [3.05, 3.63) is 40.4 Å². The van der Waals surface area contributed by atoms with Crippen LogP contribution in [0.1, 0.15) is 18.5 Å². The first-order valence-corrected chi connectivity index (χ1v) is 9.06. The fraction of sp³-hybridized carbons (Fsp3) is 0.412. The lowest BCUT2D eigenvalue weighted by atomic mass is 10.0. The van der Waals surface area contributed by atoms with E-state index in [-0.39, 0.29) is 30.7 Å². The Morgan fingerprint density at radius 2 is 2.00 bits per heavy atom. The van der Waals surface area contributed by atoms with Gasteiger partial charge >= 0.3 is 0 Å². The Hall–Kier alpha value is -0.850. The third-order valence-corrected chi connectivity index (χ3v) is 5.49. The highest BCUT2D eigenvalue weighted by Gasteiger charge is 2.22. The summed E-state index contributed by atoms with van der Waals surface area (Å²) in [5.74, 6) is 0.132. The number of hydrogen-bond acceptors (Lipinski definition) is 4. The highest BCUT2D eigenvalue weighted by atomic mass is 35.5. The Labute approximate surface area is 169 Å². The van der Waals surface area contributed by atoms with Gasteiger partial charge in [0.05, 0.1) is 17.1 Å². The van der Waals surface area contributed by atoms with Crippen LogP contribution in [0.25, 0.3) is 10.6 Å². The van der Waals surface area contributed by atoms with E-state index in [1.807, 2.05) is 41.6 Å². The van der Waals surface area contributed by atoms with Crippen LogP contribution < -0.4 is 5.32 Å². The minimum atomic E-state index is 0. The van der Waals surface area contributed by atoms with E-state index >= 15 is 0 Å². The first-order valence-electron chi connectivity index (χ1n) is 7.81. The Bertz CT molecular complexity index is 689. The number of nitrogens with zero attached hydrogens (tertiary/aromatic N) is 2. The molecule has 138 valence electrons. The summed E-state index contributed by atoms with van der Waals surface area (Å²) in [6.07, 6.45) is 2.38. The summed E-state index contributed by atoms with van der Waals surface area (Å²) >= 11 is 7.74. The molecule has 0 spiro atoms. The van der Waals surface area contributed by atoms with Crippen molar-refractivity contribution >= 4 is 53.7 Å². The van der Waals surface area contributed by atoms with Crippen molar-refractivity contribution < 1.29 is 4.79 Å². The number of thiazole rings is 1. The zero-order chi connectivity index (χ0) is 16.2. The third kappa shape index (κ3) is 5.56. The predicted octanol–water partition coefficient (Wildman–Crippen LogP) is 4.06. The smallest absolute Gasteiger partial charge is 0.228 e. The zero-order valence-corrected chi connectivity index (χ0v) is 17.1. The van der Waals surface area contributed by atoms with Gasteiger partial charge in [0, 0.05) is 24.0 Å². The number of rotatable bonds is 4. The molecular weight excluding hydrogens is 401 g/mol. The van der Waals surface area contributed by atoms with Gasteiger partial charge in [-0.05, 0) is 32.0 Å². The van der Waals surface area contributed by atoms with Crippen molar-refractivity contribution in [2.24, 2.45) is 0 Å². The van der Waals surface area contributed by atoms with Crippen LogP contribution in [0, 0.1) is 0 Å². The molecule has 1 aromatic carbocycles. The fourth-order valence-corrected chi connectivity index (χ4v) is 3.96. The second-order valence-corrected chi connectivity index (χ2v) is 7.05. The molecule has 1 N–H and O–H groups in total. The molecule has 2 aromatic rings. The molecule has 1 aliphatic heterocycles. The quantitative estimate of drug-likeness (QED) is 0.808. The van der Waals surface area contributed by atoms with E-state index in [0.717, 1.165) is 42.2 Å². The molecule has 0 aliphatic carbocycles. The van der Waals surface area contributed by atoms with Gasteiger partial charge in [-0.2, -0.15) is 0 Å². The monoisotopic (exact) mass is 421 g/mol. The number of carbonyl (C=O) groups is 1. The maximum Gasteiger partial charge on any atom is 0.228 e. The van der Waals surface area contributed by atoms with Crippen LogP contribution in [0.5, 0.6) is 0 Å². The molecule has 1 aromatic heterocycles. The summed E-state index contributed by atoms with van der Waals surface area (Å²) < 4.78 is 0. The molecule has 0 unspecified atom stereocenters. The van der Waals surface area contributed by atoms with Crippen LogP contribution in [0.4, 0.5) is 0 Å². The summed E-state index contributed by atoms with van der Waals surface area (Å²) in [5.41, 5.74) is 1.74. The van der Waals surface area contributed by atoms with Crippen LogP contribution in [-0.2, 0) is 11.2 Å². The van der Waals surface area contributed by atoms with E-state index in [2.05, 4.69) is 10.3 Å². The Balaban J connectivity index is 0.00000156. The summed E-state index contributed by atoms with van der Waals surface area (Å²) in [5, 5.41) is 6.83. The number of nitrogens with one attached hydrogen (secondary N) is 1. The normalized spacial score (nSPS) is 14.3. The molecule has 8 heteroatoms. The molecule has 1 amide bonds. The molecule has 1 saturated heterocycles. The van der Waals surface area contributed by atoms with Gasteiger partial charge in [-0.1, -0.05) is 29.8 Å². The van der Waals surface area contributed by atoms with Crippen LogP contribution in [0.3, 0.4) is 0 Å².